The van der Waals surface area contributed by atoms with Crippen molar-refractivity contribution in [3.63, 3.8) is 0 Å². The van der Waals surface area contributed by atoms with Crippen LogP contribution in [0.15, 0.2) is 0 Å². The highest BCUT2D eigenvalue weighted by atomic mass is 16.5. The van der Waals surface area contributed by atoms with Crippen molar-refractivity contribution in [2.24, 2.45) is 17.6 Å². The molecule has 0 rings (SSSR count). The molecule has 0 fully saturated rings. The maximum absolute atomic E-state index is 10.6. The van der Waals surface area contributed by atoms with Gasteiger partial charge in [-0.3, -0.25) is 19.6 Å². The highest BCUT2D eigenvalue weighted by molar-refractivity contribution is 5.80. The van der Waals surface area contributed by atoms with Gasteiger partial charge in [-0.1, -0.05) is 6.92 Å². The van der Waals surface area contributed by atoms with Gasteiger partial charge in [0.1, 0.15) is 0 Å². The van der Waals surface area contributed by atoms with E-state index in [-0.39, 0.29) is 18.0 Å². The summed E-state index contributed by atoms with van der Waals surface area (Å²) in [6.07, 6.45) is 1.67. The summed E-state index contributed by atoms with van der Waals surface area (Å²) >= 11 is 0. The van der Waals surface area contributed by atoms with Gasteiger partial charge in [0.2, 0.25) is 18.6 Å². The lowest BCUT2D eigenvalue weighted by Crippen LogP contribution is -2.35. The fourth-order valence-electron chi connectivity index (χ4n) is 0.740. The van der Waals surface area contributed by atoms with Crippen molar-refractivity contribution < 1.29 is 19.6 Å². The molecule has 2 atom stereocenters. The van der Waals surface area contributed by atoms with Crippen molar-refractivity contribution in [3.8, 4) is 0 Å². The Labute approximate surface area is 75.3 Å². The number of rotatable bonds is 6. The second kappa shape index (κ2) is 5.26. The molecular formula is C7H11N2O4. The number of carbonyl (C=O) groups is 2. The Balaban J connectivity index is 4.25. The van der Waals surface area contributed by atoms with Gasteiger partial charge in [0.25, 0.3) is 0 Å². The molecule has 0 saturated carbocycles. The van der Waals surface area contributed by atoms with Crippen LogP contribution in [0.3, 0.4) is 0 Å². The van der Waals surface area contributed by atoms with Crippen LogP contribution in [0, 0.1) is 11.8 Å². The summed E-state index contributed by atoms with van der Waals surface area (Å²) in [6, 6.07) is 0. The molecule has 0 saturated heterocycles. The van der Waals surface area contributed by atoms with E-state index >= 15 is 0 Å². The van der Waals surface area contributed by atoms with E-state index in [1.807, 2.05) is 0 Å². The van der Waals surface area contributed by atoms with Crippen LogP contribution in [0.5, 0.6) is 0 Å². The van der Waals surface area contributed by atoms with Crippen LogP contribution in [-0.2, 0) is 14.4 Å². The Hall–Kier alpha value is -1.43. The number of hydrogen-bond donors (Lipinski definition) is 2. The molecule has 0 heterocycles. The van der Waals surface area contributed by atoms with Crippen LogP contribution < -0.4 is 5.73 Å². The monoisotopic (exact) mass is 187 g/mol. The van der Waals surface area contributed by atoms with Crippen LogP contribution in [0.4, 0.5) is 0 Å². The van der Waals surface area contributed by atoms with Gasteiger partial charge in [0.15, 0.2) is 0 Å². The quantitative estimate of drug-likeness (QED) is 0.306. The van der Waals surface area contributed by atoms with Gasteiger partial charge in [0, 0.05) is 5.92 Å². The second-order valence-corrected chi connectivity index (χ2v) is 2.64. The number of hydrogen-bond acceptors (Lipinski definition) is 4. The summed E-state index contributed by atoms with van der Waals surface area (Å²) < 4.78 is 0. The lowest BCUT2D eigenvalue weighted by Gasteiger charge is -2.17. The van der Waals surface area contributed by atoms with Crippen molar-refractivity contribution in [2.75, 3.05) is 6.54 Å². The largest absolute Gasteiger partial charge is 0.369 e. The molecule has 1 radical (unpaired) electrons. The average Bonchev–Trinajstić information content (AvgIpc) is 2.12. The fourth-order valence-corrected chi connectivity index (χ4v) is 0.740. The number of carbonyl (C=O) groups excluding carboxylic acids is 3. The van der Waals surface area contributed by atoms with Gasteiger partial charge < -0.3 is 5.73 Å². The third-order valence-corrected chi connectivity index (χ3v) is 1.71. The molecule has 3 N–H and O–H groups in total. The Bertz CT molecular complexity index is 207. The topological polar surface area (TPSA) is 101 Å². The molecule has 0 aromatic heterocycles. The summed E-state index contributed by atoms with van der Waals surface area (Å²) in [5.41, 5.74) is 4.92. The first kappa shape index (κ1) is 11.6. The molecule has 0 aliphatic heterocycles. The normalized spacial score (nSPS) is 14.3. The number of hydroxylamine groups is 2. The van der Waals surface area contributed by atoms with Crippen molar-refractivity contribution in [3.05, 3.63) is 0 Å². The summed E-state index contributed by atoms with van der Waals surface area (Å²) in [7, 11) is 0. The first-order valence-electron chi connectivity index (χ1n) is 3.60. The molecule has 2 unspecified atom stereocenters. The van der Waals surface area contributed by atoms with Crippen LogP contribution in [-0.4, -0.2) is 35.4 Å². The van der Waals surface area contributed by atoms with E-state index in [1.54, 1.807) is 0 Å². The SMILES string of the molecule is CC(C(N)=O)C([C]=O)CN(O)C=O. The minimum absolute atomic E-state index is 0.137. The number of nitrogens with zero attached hydrogens (tertiary/aromatic N) is 1. The smallest absolute Gasteiger partial charge is 0.233 e. The molecule has 0 bridgehead atoms. The Morgan fingerprint density at radius 2 is 2.31 bits per heavy atom. The lowest BCUT2D eigenvalue weighted by molar-refractivity contribution is -0.152. The molecule has 0 aliphatic carbocycles. The highest BCUT2D eigenvalue weighted by Crippen LogP contribution is 2.08. The molecule has 73 valence electrons. The average molecular weight is 187 g/mol. The van der Waals surface area contributed by atoms with Gasteiger partial charge in [-0.05, 0) is 0 Å². The van der Waals surface area contributed by atoms with Crippen LogP contribution in [0.25, 0.3) is 0 Å². The zero-order valence-electron chi connectivity index (χ0n) is 7.14. The van der Waals surface area contributed by atoms with Gasteiger partial charge in [0.05, 0.1) is 12.5 Å². The van der Waals surface area contributed by atoms with Crippen LogP contribution >= 0.6 is 0 Å². The highest BCUT2D eigenvalue weighted by Gasteiger charge is 2.24. The molecule has 2 amide bonds. The van der Waals surface area contributed by atoms with E-state index in [0.717, 1.165) is 0 Å². The van der Waals surface area contributed by atoms with Crippen molar-refractivity contribution in [2.45, 2.75) is 6.92 Å². The van der Waals surface area contributed by atoms with Crippen molar-refractivity contribution in [1.82, 2.24) is 5.06 Å². The first-order chi connectivity index (χ1) is 6.02. The summed E-state index contributed by atoms with van der Waals surface area (Å²) in [6.45, 7) is 1.15. The zero-order valence-corrected chi connectivity index (χ0v) is 7.14. The fraction of sp³-hybridized carbons (Fsp3) is 0.571. The van der Waals surface area contributed by atoms with Gasteiger partial charge >= 0.3 is 0 Å². The van der Waals surface area contributed by atoms with E-state index in [4.69, 9.17) is 10.9 Å². The maximum Gasteiger partial charge on any atom is 0.233 e. The predicted octanol–water partition coefficient (Wildman–Crippen LogP) is -1.32. The first-order valence-corrected chi connectivity index (χ1v) is 3.60. The van der Waals surface area contributed by atoms with E-state index < -0.39 is 17.7 Å². The van der Waals surface area contributed by atoms with Crippen molar-refractivity contribution >= 4 is 18.6 Å². The summed E-state index contributed by atoms with van der Waals surface area (Å²) in [4.78, 5) is 30.9. The molecule has 0 aromatic rings. The van der Waals surface area contributed by atoms with Crippen molar-refractivity contribution in [1.29, 1.82) is 0 Å². The number of nitrogens with two attached hydrogens (primary N) is 1. The van der Waals surface area contributed by atoms with E-state index in [9.17, 15) is 14.4 Å². The molecule has 6 heteroatoms. The number of amides is 2. The minimum Gasteiger partial charge on any atom is -0.369 e. The third kappa shape index (κ3) is 3.66. The van der Waals surface area contributed by atoms with Crippen LogP contribution in [0.1, 0.15) is 6.92 Å². The molecular weight excluding hydrogens is 176 g/mol. The molecule has 0 aliphatic rings. The molecule has 0 aromatic carbocycles. The Kier molecular flexibility index (Phi) is 4.68. The molecule has 13 heavy (non-hydrogen) atoms. The summed E-state index contributed by atoms with van der Waals surface area (Å²) in [5, 5.41) is 9.00. The second-order valence-electron chi connectivity index (χ2n) is 2.64. The Morgan fingerprint density at radius 3 is 2.62 bits per heavy atom. The Morgan fingerprint density at radius 1 is 1.77 bits per heavy atom. The maximum atomic E-state index is 10.6. The minimum atomic E-state index is -0.896. The molecule has 0 spiro atoms. The lowest BCUT2D eigenvalue weighted by atomic mass is 9.95. The van der Waals surface area contributed by atoms with E-state index in [0.29, 0.717) is 0 Å². The van der Waals surface area contributed by atoms with Gasteiger partial charge in [-0.2, -0.15) is 0 Å². The van der Waals surface area contributed by atoms with Gasteiger partial charge in [-0.15, -0.1) is 0 Å². The van der Waals surface area contributed by atoms with Gasteiger partial charge in [-0.25, -0.2) is 5.06 Å². The third-order valence-electron chi connectivity index (χ3n) is 1.71. The van der Waals surface area contributed by atoms with Crippen LogP contribution in [0.2, 0.25) is 0 Å². The predicted molar refractivity (Wildman–Crippen MR) is 42.1 cm³/mol. The molecule has 6 nitrogen and oxygen atoms in total. The van der Waals surface area contributed by atoms with E-state index in [2.05, 4.69) is 0 Å². The zero-order chi connectivity index (χ0) is 10.4. The standard InChI is InChI=1S/C7H11N2O4/c1-5(7(8)12)6(3-10)2-9(13)4-11/h4-6,13H,2H2,1H3,(H2,8,12). The summed E-state index contributed by atoms with van der Waals surface area (Å²) in [5.74, 6) is -2.33. The van der Waals surface area contributed by atoms with E-state index in [1.165, 1.54) is 13.2 Å². The number of primary amides is 1.